The van der Waals surface area contributed by atoms with Crippen molar-refractivity contribution in [3.05, 3.63) is 16.6 Å². The number of hydrogen-bond donors (Lipinski definition) is 2. The van der Waals surface area contributed by atoms with Gasteiger partial charge < -0.3 is 19.5 Å². The molecule has 0 saturated carbocycles. The van der Waals surface area contributed by atoms with E-state index in [2.05, 4.69) is 43.6 Å². The van der Waals surface area contributed by atoms with E-state index in [-0.39, 0.29) is 0 Å². The van der Waals surface area contributed by atoms with E-state index < -0.39 is 7.12 Å². The molecule has 1 rings (SSSR count). The normalized spacial score (nSPS) is 13.2. The van der Waals surface area contributed by atoms with Gasteiger partial charge in [-0.2, -0.15) is 0 Å². The number of benzene rings is 1. The molecular formula is C22H38BBrO4. The molecule has 2 N–H and O–H groups in total. The van der Waals surface area contributed by atoms with Gasteiger partial charge in [-0.1, -0.05) is 66.2 Å². The molecule has 0 bridgehead atoms. The van der Waals surface area contributed by atoms with Crippen molar-refractivity contribution in [3.63, 3.8) is 0 Å². The van der Waals surface area contributed by atoms with Gasteiger partial charge in [-0.15, -0.1) is 0 Å². The van der Waals surface area contributed by atoms with Crippen molar-refractivity contribution in [1.82, 2.24) is 0 Å². The van der Waals surface area contributed by atoms with Crippen molar-refractivity contribution >= 4 is 28.5 Å². The van der Waals surface area contributed by atoms with Crippen LogP contribution in [0.4, 0.5) is 0 Å². The van der Waals surface area contributed by atoms with Crippen LogP contribution >= 0.6 is 15.9 Å². The molecular weight excluding hydrogens is 419 g/mol. The summed E-state index contributed by atoms with van der Waals surface area (Å²) in [6.45, 7) is 9.95. The van der Waals surface area contributed by atoms with Crippen molar-refractivity contribution in [2.75, 3.05) is 13.2 Å². The first-order chi connectivity index (χ1) is 13.5. The number of rotatable bonds is 15. The molecule has 0 amide bonds. The second-order valence-electron chi connectivity index (χ2n) is 7.65. The zero-order valence-corrected chi connectivity index (χ0v) is 19.6. The summed E-state index contributed by atoms with van der Waals surface area (Å²) in [6, 6.07) is 3.48. The second kappa shape index (κ2) is 14.3. The quantitative estimate of drug-likeness (QED) is 0.350. The Bertz CT molecular complexity index is 554. The maximum Gasteiger partial charge on any atom is 0.492 e. The highest BCUT2D eigenvalue weighted by Gasteiger charge is 2.22. The molecule has 0 saturated heterocycles. The van der Waals surface area contributed by atoms with Gasteiger partial charge in [0.15, 0.2) is 0 Å². The number of hydrogen-bond acceptors (Lipinski definition) is 4. The Morgan fingerprint density at radius 3 is 1.79 bits per heavy atom. The summed E-state index contributed by atoms with van der Waals surface area (Å²) in [4.78, 5) is 0. The van der Waals surface area contributed by atoms with Gasteiger partial charge in [0.05, 0.1) is 17.7 Å². The van der Waals surface area contributed by atoms with Crippen LogP contribution in [0.3, 0.4) is 0 Å². The van der Waals surface area contributed by atoms with Crippen molar-refractivity contribution in [2.24, 2.45) is 11.8 Å². The second-order valence-corrected chi connectivity index (χ2v) is 8.50. The van der Waals surface area contributed by atoms with Crippen LogP contribution in [0.2, 0.25) is 0 Å². The number of unbranched alkanes of at least 4 members (excludes halogenated alkanes) is 2. The lowest BCUT2D eigenvalue weighted by Gasteiger charge is -2.20. The fourth-order valence-electron chi connectivity index (χ4n) is 3.20. The van der Waals surface area contributed by atoms with E-state index in [1.54, 1.807) is 12.1 Å². The molecule has 0 spiro atoms. The molecule has 1 aromatic rings. The predicted molar refractivity (Wildman–Crippen MR) is 122 cm³/mol. The molecule has 1 aromatic carbocycles. The Hall–Kier alpha value is -0.715. The molecule has 28 heavy (non-hydrogen) atoms. The zero-order valence-electron chi connectivity index (χ0n) is 18.0. The van der Waals surface area contributed by atoms with Crippen molar-refractivity contribution in [1.29, 1.82) is 0 Å². The summed E-state index contributed by atoms with van der Waals surface area (Å²) >= 11 is 3.55. The van der Waals surface area contributed by atoms with E-state index >= 15 is 0 Å². The number of halogens is 1. The molecule has 0 aromatic heterocycles. The Morgan fingerprint density at radius 2 is 1.36 bits per heavy atom. The fraction of sp³-hybridized carbons (Fsp3) is 0.727. The zero-order chi connectivity index (χ0) is 20.9. The van der Waals surface area contributed by atoms with Gasteiger partial charge in [0.25, 0.3) is 0 Å². The fourth-order valence-corrected chi connectivity index (χ4v) is 3.64. The summed E-state index contributed by atoms with van der Waals surface area (Å²) in [7, 11) is -1.59. The minimum atomic E-state index is -1.59. The van der Waals surface area contributed by atoms with Crippen molar-refractivity contribution in [3.8, 4) is 11.5 Å². The maximum absolute atomic E-state index is 9.83. The summed E-state index contributed by atoms with van der Waals surface area (Å²) in [5.41, 5.74) is 0.352. The summed E-state index contributed by atoms with van der Waals surface area (Å²) < 4.78 is 12.8. The van der Waals surface area contributed by atoms with Crippen molar-refractivity contribution < 1.29 is 19.5 Å². The Balaban J connectivity index is 2.84. The predicted octanol–water partition coefficient (Wildman–Crippen LogP) is 5.32. The van der Waals surface area contributed by atoms with Crippen LogP contribution in [0.15, 0.2) is 16.6 Å². The Morgan fingerprint density at radius 1 is 0.857 bits per heavy atom. The minimum Gasteiger partial charge on any atom is -0.494 e. The van der Waals surface area contributed by atoms with Gasteiger partial charge in [0, 0.05) is 5.46 Å². The lowest BCUT2D eigenvalue weighted by atomic mass is 9.79. The van der Waals surface area contributed by atoms with Gasteiger partial charge >= 0.3 is 7.12 Å². The monoisotopic (exact) mass is 456 g/mol. The van der Waals surface area contributed by atoms with Crippen LogP contribution < -0.4 is 14.9 Å². The molecule has 0 radical (unpaired) electrons. The standard InChI is InChI=1S/C22H38BBrO4/c1-5-9-11-17(7-3)15-27-21-14-20(24)22(13-19(21)23(25)26)28-16-18(8-4)12-10-6-2/h13-14,17-18,25-26H,5-12,15-16H2,1-4H3. The molecule has 0 aliphatic carbocycles. The molecule has 160 valence electrons. The van der Waals surface area contributed by atoms with Gasteiger partial charge in [0.2, 0.25) is 0 Å². The SMILES string of the molecule is CCCCC(CC)COc1cc(B(O)O)c(OCC(CC)CCCC)cc1Br. The van der Waals surface area contributed by atoms with E-state index in [4.69, 9.17) is 9.47 Å². The van der Waals surface area contributed by atoms with Crippen LogP contribution in [0, 0.1) is 11.8 Å². The van der Waals surface area contributed by atoms with Crippen LogP contribution in [-0.2, 0) is 0 Å². The summed E-state index contributed by atoms with van der Waals surface area (Å²) in [6.07, 6.45) is 9.15. The Kier molecular flexibility index (Phi) is 12.9. The number of ether oxygens (including phenoxy) is 2. The average Bonchev–Trinajstić information content (AvgIpc) is 2.69. The van der Waals surface area contributed by atoms with E-state index in [0.29, 0.717) is 42.0 Å². The van der Waals surface area contributed by atoms with E-state index in [1.807, 2.05) is 0 Å². The summed E-state index contributed by atoms with van der Waals surface area (Å²) in [5, 5.41) is 19.7. The van der Waals surface area contributed by atoms with E-state index in [0.717, 1.165) is 30.2 Å². The molecule has 6 heteroatoms. The smallest absolute Gasteiger partial charge is 0.492 e. The van der Waals surface area contributed by atoms with Crippen LogP contribution in [-0.4, -0.2) is 30.4 Å². The third-order valence-electron chi connectivity index (χ3n) is 5.38. The van der Waals surface area contributed by atoms with Crippen LogP contribution in [0.25, 0.3) is 0 Å². The summed E-state index contributed by atoms with van der Waals surface area (Å²) in [5.74, 6) is 2.11. The Labute approximate surface area is 180 Å². The van der Waals surface area contributed by atoms with E-state index in [1.165, 1.54) is 25.7 Å². The first kappa shape index (κ1) is 25.3. The van der Waals surface area contributed by atoms with Gasteiger partial charge in [-0.25, -0.2) is 0 Å². The maximum atomic E-state index is 9.83. The van der Waals surface area contributed by atoms with Crippen molar-refractivity contribution in [2.45, 2.75) is 79.1 Å². The van der Waals surface area contributed by atoms with Crippen LogP contribution in [0.1, 0.15) is 79.1 Å². The van der Waals surface area contributed by atoms with Crippen LogP contribution in [0.5, 0.6) is 11.5 Å². The topological polar surface area (TPSA) is 58.9 Å². The molecule has 0 aliphatic rings. The molecule has 0 fully saturated rings. The highest BCUT2D eigenvalue weighted by atomic mass is 79.9. The van der Waals surface area contributed by atoms with E-state index in [9.17, 15) is 10.0 Å². The lowest BCUT2D eigenvalue weighted by molar-refractivity contribution is 0.227. The highest BCUT2D eigenvalue weighted by Crippen LogP contribution is 2.30. The first-order valence-corrected chi connectivity index (χ1v) is 11.7. The van der Waals surface area contributed by atoms with Gasteiger partial charge in [0.1, 0.15) is 11.5 Å². The molecule has 2 atom stereocenters. The average molecular weight is 457 g/mol. The van der Waals surface area contributed by atoms with Gasteiger partial charge in [-0.3, -0.25) is 0 Å². The highest BCUT2D eigenvalue weighted by molar-refractivity contribution is 9.10. The molecule has 0 heterocycles. The lowest BCUT2D eigenvalue weighted by Crippen LogP contribution is -2.32. The molecule has 4 nitrogen and oxygen atoms in total. The molecule has 0 aliphatic heterocycles. The first-order valence-electron chi connectivity index (χ1n) is 10.9. The third-order valence-corrected chi connectivity index (χ3v) is 6.00. The largest absolute Gasteiger partial charge is 0.494 e. The molecule has 2 unspecified atom stereocenters. The minimum absolute atomic E-state index is 0.352. The van der Waals surface area contributed by atoms with Gasteiger partial charge in [-0.05, 0) is 52.7 Å². The third kappa shape index (κ3) is 8.75.